The predicted octanol–water partition coefficient (Wildman–Crippen LogP) is 2.55. The third kappa shape index (κ3) is 20.2. The third-order valence-corrected chi connectivity index (χ3v) is 6.28. The molecule has 0 aliphatic carbocycles. The molecule has 0 aromatic rings. The Morgan fingerprint density at radius 1 is 0.692 bits per heavy atom. The summed E-state index contributed by atoms with van der Waals surface area (Å²) in [6.07, 6.45) is 19.5. The molecular weight excluding hydrogens is 375 g/mol. The van der Waals surface area contributed by atoms with Crippen LogP contribution in [0, 0.1) is 0 Å². The first-order valence-electron chi connectivity index (χ1n) is 10.6. The van der Waals surface area contributed by atoms with E-state index in [4.69, 9.17) is 5.11 Å². The number of unbranched alkanes of at least 4 members (excludes halogenated alkanes) is 14. The summed E-state index contributed by atoms with van der Waals surface area (Å²) in [6, 6.07) is 0. The second-order valence-electron chi connectivity index (χ2n) is 7.37. The standard InChI is InChI=1S/C20H42O4S.K/c1-2-3-4-5-6-7-8-9-10-11-12-13-14-15-16-17-20(18-19-21)25(22,23)24;/h20-21H,2-19H2,1H3,(H,22,23,24);/q;+1/p-1. The molecule has 6 heteroatoms. The number of rotatable bonds is 19. The van der Waals surface area contributed by atoms with Crippen molar-refractivity contribution in [1.82, 2.24) is 0 Å². The molecular formula is C20H41KO4S. The Labute approximate surface area is 205 Å². The van der Waals surface area contributed by atoms with Crippen LogP contribution in [-0.4, -0.2) is 29.9 Å². The van der Waals surface area contributed by atoms with Gasteiger partial charge in [-0.05, 0) is 12.8 Å². The second kappa shape index (κ2) is 21.2. The van der Waals surface area contributed by atoms with Gasteiger partial charge in [0.15, 0.2) is 0 Å². The van der Waals surface area contributed by atoms with Crippen molar-refractivity contribution in [3.8, 4) is 0 Å². The van der Waals surface area contributed by atoms with E-state index in [1.54, 1.807) is 0 Å². The average molecular weight is 417 g/mol. The maximum absolute atomic E-state index is 11.0. The SMILES string of the molecule is CCCCCCCCCCCCCCCCCC(CCO)S(=O)(=O)[O-].[K+]. The smallest absolute Gasteiger partial charge is 0.748 e. The van der Waals surface area contributed by atoms with Gasteiger partial charge in [0.2, 0.25) is 0 Å². The van der Waals surface area contributed by atoms with E-state index in [0.29, 0.717) is 6.42 Å². The van der Waals surface area contributed by atoms with Gasteiger partial charge in [0.25, 0.3) is 0 Å². The minimum atomic E-state index is -4.26. The van der Waals surface area contributed by atoms with Crippen LogP contribution in [0.25, 0.3) is 0 Å². The molecule has 0 radical (unpaired) electrons. The van der Waals surface area contributed by atoms with Crippen molar-refractivity contribution >= 4 is 10.1 Å². The van der Waals surface area contributed by atoms with Crippen LogP contribution in [0.15, 0.2) is 0 Å². The van der Waals surface area contributed by atoms with E-state index >= 15 is 0 Å². The van der Waals surface area contributed by atoms with E-state index in [-0.39, 0.29) is 64.4 Å². The molecule has 0 amide bonds. The fourth-order valence-electron chi connectivity index (χ4n) is 3.32. The van der Waals surface area contributed by atoms with Gasteiger partial charge in [-0.2, -0.15) is 0 Å². The van der Waals surface area contributed by atoms with E-state index in [9.17, 15) is 13.0 Å². The van der Waals surface area contributed by atoms with Crippen molar-refractivity contribution in [1.29, 1.82) is 0 Å². The average Bonchev–Trinajstić information content (AvgIpc) is 2.56. The molecule has 0 aliphatic heterocycles. The van der Waals surface area contributed by atoms with Crippen molar-refractivity contribution in [2.24, 2.45) is 0 Å². The molecule has 0 heterocycles. The summed E-state index contributed by atoms with van der Waals surface area (Å²) in [5.74, 6) is 0. The molecule has 1 N–H and O–H groups in total. The fourth-order valence-corrected chi connectivity index (χ4v) is 4.17. The van der Waals surface area contributed by atoms with Gasteiger partial charge in [0.05, 0.1) is 15.4 Å². The van der Waals surface area contributed by atoms with Gasteiger partial charge in [-0.1, -0.05) is 103 Å². The van der Waals surface area contributed by atoms with Gasteiger partial charge >= 0.3 is 51.4 Å². The largest absolute Gasteiger partial charge is 1.00 e. The summed E-state index contributed by atoms with van der Waals surface area (Å²) in [5.41, 5.74) is 0. The number of hydrogen-bond acceptors (Lipinski definition) is 4. The summed E-state index contributed by atoms with van der Waals surface area (Å²) >= 11 is 0. The molecule has 0 aromatic carbocycles. The zero-order chi connectivity index (χ0) is 18.8. The van der Waals surface area contributed by atoms with E-state index in [0.717, 1.165) is 19.3 Å². The Kier molecular flexibility index (Phi) is 24.2. The molecule has 0 saturated heterocycles. The molecule has 1 unspecified atom stereocenters. The number of aliphatic hydroxyl groups is 1. The van der Waals surface area contributed by atoms with E-state index in [2.05, 4.69) is 6.92 Å². The molecule has 0 aromatic heterocycles. The maximum atomic E-state index is 11.0. The van der Waals surface area contributed by atoms with Crippen LogP contribution in [0.5, 0.6) is 0 Å². The zero-order valence-electron chi connectivity index (χ0n) is 17.4. The first kappa shape index (κ1) is 29.7. The molecule has 1 atom stereocenters. The van der Waals surface area contributed by atoms with Crippen LogP contribution < -0.4 is 51.4 Å². The van der Waals surface area contributed by atoms with Crippen LogP contribution in [0.1, 0.15) is 116 Å². The minimum absolute atomic E-state index is 0. The number of aliphatic hydroxyl groups excluding tert-OH is 1. The van der Waals surface area contributed by atoms with Crippen molar-refractivity contribution in [2.75, 3.05) is 6.61 Å². The van der Waals surface area contributed by atoms with Gasteiger partial charge in [-0.25, -0.2) is 8.42 Å². The van der Waals surface area contributed by atoms with E-state index in [1.165, 1.54) is 77.0 Å². The van der Waals surface area contributed by atoms with E-state index in [1.807, 2.05) is 0 Å². The Morgan fingerprint density at radius 3 is 1.35 bits per heavy atom. The predicted molar refractivity (Wildman–Crippen MR) is 105 cm³/mol. The summed E-state index contributed by atoms with van der Waals surface area (Å²) in [5, 5.41) is 7.92. The first-order chi connectivity index (χ1) is 12.0. The molecule has 0 aliphatic rings. The van der Waals surface area contributed by atoms with E-state index < -0.39 is 15.4 Å². The first-order valence-corrected chi connectivity index (χ1v) is 12.0. The van der Waals surface area contributed by atoms with Crippen molar-refractivity contribution in [3.05, 3.63) is 0 Å². The van der Waals surface area contributed by atoms with Gasteiger partial charge in [0, 0.05) is 6.61 Å². The third-order valence-electron chi connectivity index (χ3n) is 4.99. The van der Waals surface area contributed by atoms with Crippen LogP contribution in [0.2, 0.25) is 0 Å². The Balaban J connectivity index is 0. The van der Waals surface area contributed by atoms with Crippen molar-refractivity contribution in [2.45, 2.75) is 121 Å². The second-order valence-corrected chi connectivity index (χ2v) is 9.02. The van der Waals surface area contributed by atoms with Crippen molar-refractivity contribution < 1.29 is 69.5 Å². The monoisotopic (exact) mass is 416 g/mol. The molecule has 4 nitrogen and oxygen atoms in total. The fraction of sp³-hybridized carbons (Fsp3) is 1.00. The Morgan fingerprint density at radius 2 is 1.04 bits per heavy atom. The molecule has 0 saturated carbocycles. The van der Waals surface area contributed by atoms with Gasteiger partial charge < -0.3 is 9.66 Å². The minimum Gasteiger partial charge on any atom is -0.748 e. The molecule has 0 bridgehead atoms. The molecule has 26 heavy (non-hydrogen) atoms. The van der Waals surface area contributed by atoms with Gasteiger partial charge in [0.1, 0.15) is 0 Å². The molecule has 0 spiro atoms. The quantitative estimate of drug-likeness (QED) is 0.199. The molecule has 152 valence electrons. The Bertz CT molecular complexity index is 374. The van der Waals surface area contributed by atoms with Crippen LogP contribution in [0.4, 0.5) is 0 Å². The number of hydrogen-bond donors (Lipinski definition) is 1. The maximum Gasteiger partial charge on any atom is 1.00 e. The zero-order valence-corrected chi connectivity index (χ0v) is 21.3. The summed E-state index contributed by atoms with van der Waals surface area (Å²) < 4.78 is 33.1. The Hall–Kier alpha value is 1.51. The van der Waals surface area contributed by atoms with Crippen LogP contribution >= 0.6 is 0 Å². The molecule has 0 fully saturated rings. The van der Waals surface area contributed by atoms with Crippen LogP contribution in [0.3, 0.4) is 0 Å². The summed E-state index contributed by atoms with van der Waals surface area (Å²) in [4.78, 5) is 0. The van der Waals surface area contributed by atoms with Gasteiger partial charge in [-0.3, -0.25) is 0 Å². The van der Waals surface area contributed by atoms with Crippen molar-refractivity contribution in [3.63, 3.8) is 0 Å². The topological polar surface area (TPSA) is 77.4 Å². The molecule has 0 rings (SSSR count). The normalized spacial score (nSPS) is 12.7. The summed E-state index contributed by atoms with van der Waals surface area (Å²) in [7, 11) is -4.26. The van der Waals surface area contributed by atoms with Gasteiger partial charge in [-0.15, -0.1) is 0 Å². The summed E-state index contributed by atoms with van der Waals surface area (Å²) in [6.45, 7) is 2.02. The van der Waals surface area contributed by atoms with Crippen LogP contribution in [-0.2, 0) is 10.1 Å².